The number of nitrogens with two attached hydrogens (primary N) is 1. The quantitative estimate of drug-likeness (QED) is 0.155. The Hall–Kier alpha value is -5.48. The van der Waals surface area contributed by atoms with Crippen molar-refractivity contribution in [3.8, 4) is 0 Å². The van der Waals surface area contributed by atoms with Gasteiger partial charge >= 0.3 is 0 Å². The summed E-state index contributed by atoms with van der Waals surface area (Å²) >= 11 is 0. The van der Waals surface area contributed by atoms with E-state index in [1.807, 2.05) is 36.4 Å². The number of imidazole rings is 1. The van der Waals surface area contributed by atoms with Gasteiger partial charge in [-0.25, -0.2) is 4.98 Å². The molecule has 0 spiro atoms. The summed E-state index contributed by atoms with van der Waals surface area (Å²) in [7, 11) is 1.60. The van der Waals surface area contributed by atoms with Crippen LogP contribution in [0.25, 0.3) is 11.2 Å². The first kappa shape index (κ1) is 32.1. The fourth-order valence-electron chi connectivity index (χ4n) is 6.64. The van der Waals surface area contributed by atoms with Crippen molar-refractivity contribution in [2.45, 2.75) is 68.2 Å². The monoisotopic (exact) mass is 667 g/mol. The molecular formula is C33H37N11O5. The molecule has 16 nitrogen and oxygen atoms in total. The van der Waals surface area contributed by atoms with Crippen LogP contribution in [-0.2, 0) is 30.8 Å². The first-order valence-corrected chi connectivity index (χ1v) is 16.2. The average molecular weight is 668 g/mol. The van der Waals surface area contributed by atoms with Gasteiger partial charge in [-0.2, -0.15) is 14.8 Å². The number of carbonyl (C=O) groups excluding carboxylic acids is 2. The van der Waals surface area contributed by atoms with Gasteiger partial charge in [0, 0.05) is 24.5 Å². The van der Waals surface area contributed by atoms with Gasteiger partial charge in [0.25, 0.3) is 12.9 Å². The first-order valence-electron chi connectivity index (χ1n) is 16.2. The lowest BCUT2D eigenvalue weighted by atomic mass is 9.91. The Morgan fingerprint density at radius 3 is 2.27 bits per heavy atom. The molecule has 16 heteroatoms. The number of ether oxygens (including phenoxy) is 3. The van der Waals surface area contributed by atoms with E-state index >= 15 is 0 Å². The maximum absolute atomic E-state index is 11.7. The van der Waals surface area contributed by atoms with Crippen molar-refractivity contribution in [1.29, 1.82) is 0 Å². The molecule has 2 aliphatic rings. The molecule has 4 heterocycles. The molecular weight excluding hydrogens is 630 g/mol. The van der Waals surface area contributed by atoms with Gasteiger partial charge < -0.3 is 30.6 Å². The Balaban J connectivity index is 1.27. The molecule has 1 saturated carbocycles. The minimum atomic E-state index is -1.09. The predicted molar refractivity (Wildman–Crippen MR) is 176 cm³/mol. The summed E-state index contributed by atoms with van der Waals surface area (Å²) in [6, 6.07) is 20.8. The van der Waals surface area contributed by atoms with Crippen molar-refractivity contribution in [2.24, 2.45) is 12.8 Å². The van der Waals surface area contributed by atoms with Crippen molar-refractivity contribution in [3.63, 3.8) is 0 Å². The van der Waals surface area contributed by atoms with Crippen molar-refractivity contribution in [3.05, 3.63) is 83.9 Å². The van der Waals surface area contributed by atoms with Crippen molar-refractivity contribution < 1.29 is 23.8 Å². The third-order valence-corrected chi connectivity index (χ3v) is 9.07. The highest BCUT2D eigenvalue weighted by Gasteiger charge is 2.52. The topological polar surface area (TPSA) is 199 Å². The van der Waals surface area contributed by atoms with E-state index in [1.54, 1.807) is 11.6 Å². The maximum Gasteiger partial charge on any atom is 0.293 e. The van der Waals surface area contributed by atoms with Crippen LogP contribution in [0.2, 0.25) is 0 Å². The lowest BCUT2D eigenvalue weighted by Crippen LogP contribution is -2.34. The van der Waals surface area contributed by atoms with E-state index in [0.29, 0.717) is 29.5 Å². The SMILES string of the molecule is Cn1nnc([C@H]2O[C@@H](n3cnc4c(NCC(c5ccccc5)c5ccccc5)nc(NC5CCC(N)CC5)nc43)[C@H](OC=O)[C@H]2OC=O)n1. The van der Waals surface area contributed by atoms with E-state index in [9.17, 15) is 9.59 Å². The van der Waals surface area contributed by atoms with Gasteiger partial charge in [0.15, 0.2) is 41.5 Å². The van der Waals surface area contributed by atoms with Crippen LogP contribution < -0.4 is 16.4 Å². The summed E-state index contributed by atoms with van der Waals surface area (Å²) < 4.78 is 18.9. The fourth-order valence-corrected chi connectivity index (χ4v) is 6.64. The Bertz CT molecular complexity index is 1820. The Labute approximate surface area is 281 Å². The number of aryl methyl sites for hydroxylation is 1. The number of anilines is 2. The Morgan fingerprint density at radius 1 is 0.959 bits per heavy atom. The van der Waals surface area contributed by atoms with Crippen LogP contribution >= 0.6 is 0 Å². The van der Waals surface area contributed by atoms with E-state index in [-0.39, 0.29) is 36.8 Å². The number of carbonyl (C=O) groups is 2. The zero-order valence-corrected chi connectivity index (χ0v) is 26.8. The molecule has 5 aromatic rings. The zero-order chi connectivity index (χ0) is 33.7. The number of aromatic nitrogens is 8. The van der Waals surface area contributed by atoms with Crippen LogP contribution in [0.5, 0.6) is 0 Å². The number of fused-ring (bicyclic) bond motifs is 1. The van der Waals surface area contributed by atoms with Crippen LogP contribution in [-0.4, -0.2) is 83.5 Å². The molecule has 4 atom stereocenters. The molecule has 0 amide bonds. The molecule has 0 radical (unpaired) electrons. The highest BCUT2D eigenvalue weighted by Crippen LogP contribution is 2.42. The first-order chi connectivity index (χ1) is 24.0. The minimum Gasteiger partial charge on any atom is -0.457 e. The summed E-state index contributed by atoms with van der Waals surface area (Å²) in [6.07, 6.45) is 0.930. The molecule has 0 unspecified atom stereocenters. The number of tetrazole rings is 1. The van der Waals surface area contributed by atoms with Crippen LogP contribution in [0.4, 0.5) is 11.8 Å². The summed E-state index contributed by atoms with van der Waals surface area (Å²) in [5, 5.41) is 19.2. The number of hydrogen-bond acceptors (Lipinski definition) is 14. The number of benzene rings is 2. The van der Waals surface area contributed by atoms with Gasteiger partial charge in [0.2, 0.25) is 11.8 Å². The molecule has 1 aliphatic carbocycles. The smallest absolute Gasteiger partial charge is 0.293 e. The van der Waals surface area contributed by atoms with Crippen molar-refractivity contribution in [1.82, 2.24) is 39.7 Å². The summed E-state index contributed by atoms with van der Waals surface area (Å²) in [5.41, 5.74) is 9.35. The highest BCUT2D eigenvalue weighted by atomic mass is 16.6. The number of nitrogens with one attached hydrogen (secondary N) is 2. The van der Waals surface area contributed by atoms with Gasteiger partial charge in [-0.05, 0) is 42.0 Å². The highest BCUT2D eigenvalue weighted by molar-refractivity contribution is 5.84. The minimum absolute atomic E-state index is 0.00997. The molecule has 2 fully saturated rings. The van der Waals surface area contributed by atoms with E-state index < -0.39 is 24.5 Å². The molecule has 0 bridgehead atoms. The standard InChI is InChI=1S/C33H37N11O5/c1-43-41-30(40-42-43)27-26(47-18-45)28(48-19-46)32(49-27)44-17-36-25-29(38-33(39-31(25)44)37-23-14-12-22(34)13-15-23)35-16-24(20-8-4-2-5-9-20)21-10-6-3-7-11-21/h2-11,17-19,22-24,26-28,32H,12-16,34H2,1H3,(H2,35,37,38,39)/t22?,23?,26-,27-,28+,32+/m0/s1. The van der Waals surface area contributed by atoms with Gasteiger partial charge in [0.1, 0.15) is 0 Å². The van der Waals surface area contributed by atoms with Gasteiger partial charge in [-0.1, -0.05) is 60.7 Å². The molecule has 254 valence electrons. The zero-order valence-electron chi connectivity index (χ0n) is 26.8. The van der Waals surface area contributed by atoms with Crippen LogP contribution in [0.15, 0.2) is 67.0 Å². The second-order valence-corrected chi connectivity index (χ2v) is 12.2. The Kier molecular flexibility index (Phi) is 9.38. The second-order valence-electron chi connectivity index (χ2n) is 12.2. The van der Waals surface area contributed by atoms with Gasteiger partial charge in [-0.3, -0.25) is 14.2 Å². The average Bonchev–Trinajstić information content (AvgIpc) is 3.84. The van der Waals surface area contributed by atoms with Crippen molar-refractivity contribution in [2.75, 3.05) is 17.2 Å². The van der Waals surface area contributed by atoms with Gasteiger partial charge in [-0.15, -0.1) is 10.2 Å². The van der Waals surface area contributed by atoms with Crippen LogP contribution in [0.1, 0.15) is 60.9 Å². The Morgan fingerprint density at radius 2 is 1.63 bits per heavy atom. The molecule has 1 saturated heterocycles. The summed E-state index contributed by atoms with van der Waals surface area (Å²) in [5.74, 6) is 1.07. The van der Waals surface area contributed by atoms with E-state index in [1.165, 1.54) is 11.1 Å². The predicted octanol–water partition coefficient (Wildman–Crippen LogP) is 2.63. The van der Waals surface area contributed by atoms with Gasteiger partial charge in [0.05, 0.1) is 13.4 Å². The van der Waals surface area contributed by atoms with Crippen LogP contribution in [0.3, 0.4) is 0 Å². The molecule has 3 aromatic heterocycles. The largest absolute Gasteiger partial charge is 0.457 e. The molecule has 49 heavy (non-hydrogen) atoms. The second kappa shape index (κ2) is 14.3. The third-order valence-electron chi connectivity index (χ3n) is 9.07. The summed E-state index contributed by atoms with van der Waals surface area (Å²) in [4.78, 5) is 39.1. The fraction of sp³-hybridized carbons (Fsp3) is 0.394. The maximum atomic E-state index is 11.7. The number of rotatable bonds is 13. The lowest BCUT2D eigenvalue weighted by molar-refractivity contribution is -0.151. The normalized spacial score (nSPS) is 23.7. The molecule has 1 aliphatic heterocycles. The third kappa shape index (κ3) is 6.77. The van der Waals surface area contributed by atoms with E-state index in [0.717, 1.165) is 36.8 Å². The number of nitrogens with zero attached hydrogens (tertiary/aromatic N) is 8. The van der Waals surface area contributed by atoms with Crippen molar-refractivity contribution >= 4 is 35.9 Å². The molecule has 4 N–H and O–H groups in total. The molecule has 7 rings (SSSR count). The van der Waals surface area contributed by atoms with Crippen LogP contribution in [0, 0.1) is 0 Å². The lowest BCUT2D eigenvalue weighted by Gasteiger charge is -2.27. The van der Waals surface area contributed by atoms with E-state index in [2.05, 4.69) is 50.3 Å². The van der Waals surface area contributed by atoms with E-state index in [4.69, 9.17) is 34.9 Å². The summed E-state index contributed by atoms with van der Waals surface area (Å²) in [6.45, 7) is 1.06. The number of hydrogen-bond donors (Lipinski definition) is 3. The molecule has 2 aromatic carbocycles.